The van der Waals surface area contributed by atoms with Gasteiger partial charge in [0.25, 0.3) is 5.91 Å². The van der Waals surface area contributed by atoms with Gasteiger partial charge in [-0.25, -0.2) is 4.98 Å². The second-order valence-electron chi connectivity index (χ2n) is 7.39. The molecule has 0 radical (unpaired) electrons. The molecule has 1 aliphatic heterocycles. The highest BCUT2D eigenvalue weighted by molar-refractivity contribution is 5.95. The zero-order valence-electron chi connectivity index (χ0n) is 15.7. The number of hydrogen-bond donors (Lipinski definition) is 1. The molecule has 1 saturated heterocycles. The molecule has 28 heavy (non-hydrogen) atoms. The molecule has 2 aromatic carbocycles. The van der Waals surface area contributed by atoms with Crippen LogP contribution in [0.25, 0.3) is 10.9 Å². The first-order chi connectivity index (χ1) is 13.6. The third-order valence-corrected chi connectivity index (χ3v) is 5.48. The maximum atomic E-state index is 12.8. The van der Waals surface area contributed by atoms with Gasteiger partial charge in [0.15, 0.2) is 0 Å². The Morgan fingerprint density at radius 3 is 2.39 bits per heavy atom. The largest absolute Gasteiger partial charge is 0.366 e. The van der Waals surface area contributed by atoms with Crippen LogP contribution < -0.4 is 5.73 Å². The summed E-state index contributed by atoms with van der Waals surface area (Å²) in [6.07, 6.45) is 2.89. The fraction of sp³-hybridized carbons (Fsp3) is 0.261. The highest BCUT2D eigenvalue weighted by Crippen LogP contribution is 2.23. The van der Waals surface area contributed by atoms with Crippen LogP contribution >= 0.6 is 0 Å². The van der Waals surface area contributed by atoms with E-state index in [1.807, 2.05) is 53.4 Å². The standard InChI is InChI=1S/C23H23N3O2/c24-22(27)19-7-5-16(6-8-19)15-17-11-13-26(14-12-17)23(28)21-10-9-18-3-1-2-4-20(18)25-21/h1-10,17H,11-15H2,(H2,24,27). The summed E-state index contributed by atoms with van der Waals surface area (Å²) in [5.41, 5.74) is 8.39. The van der Waals surface area contributed by atoms with Crippen molar-refractivity contribution in [1.82, 2.24) is 9.88 Å². The summed E-state index contributed by atoms with van der Waals surface area (Å²) in [6.45, 7) is 1.49. The molecule has 0 unspecified atom stereocenters. The van der Waals surface area contributed by atoms with E-state index in [1.54, 1.807) is 12.1 Å². The number of amides is 2. The Hall–Kier alpha value is -3.21. The lowest BCUT2D eigenvalue weighted by atomic mass is 9.90. The zero-order valence-corrected chi connectivity index (χ0v) is 15.7. The summed E-state index contributed by atoms with van der Waals surface area (Å²) in [7, 11) is 0. The SMILES string of the molecule is NC(=O)c1ccc(CC2CCN(C(=O)c3ccc4ccccc4n3)CC2)cc1. The number of carbonyl (C=O) groups is 2. The van der Waals surface area contributed by atoms with Gasteiger partial charge in [0.05, 0.1) is 5.52 Å². The van der Waals surface area contributed by atoms with Crippen molar-refractivity contribution in [2.24, 2.45) is 11.7 Å². The summed E-state index contributed by atoms with van der Waals surface area (Å²) < 4.78 is 0. The summed E-state index contributed by atoms with van der Waals surface area (Å²) in [4.78, 5) is 30.4. The Morgan fingerprint density at radius 1 is 0.964 bits per heavy atom. The predicted molar refractivity (Wildman–Crippen MR) is 109 cm³/mol. The fourth-order valence-electron chi connectivity index (χ4n) is 3.83. The van der Waals surface area contributed by atoms with Crippen LogP contribution in [-0.2, 0) is 6.42 Å². The van der Waals surface area contributed by atoms with E-state index >= 15 is 0 Å². The number of nitrogens with zero attached hydrogens (tertiary/aromatic N) is 2. The first-order valence-electron chi connectivity index (χ1n) is 9.64. The number of para-hydroxylation sites is 1. The number of rotatable bonds is 4. The number of primary amides is 1. The number of benzene rings is 2. The van der Waals surface area contributed by atoms with Crippen LogP contribution in [0.1, 0.15) is 39.3 Å². The van der Waals surface area contributed by atoms with Crippen molar-refractivity contribution in [2.75, 3.05) is 13.1 Å². The van der Waals surface area contributed by atoms with Crippen LogP contribution in [0.3, 0.4) is 0 Å². The molecular weight excluding hydrogens is 350 g/mol. The number of pyridine rings is 1. The highest BCUT2D eigenvalue weighted by atomic mass is 16.2. The van der Waals surface area contributed by atoms with Crippen LogP contribution in [0.2, 0.25) is 0 Å². The first-order valence-corrected chi connectivity index (χ1v) is 9.64. The van der Waals surface area contributed by atoms with Gasteiger partial charge in [0.1, 0.15) is 5.69 Å². The van der Waals surface area contributed by atoms with Crippen molar-refractivity contribution >= 4 is 22.7 Å². The van der Waals surface area contributed by atoms with Crippen molar-refractivity contribution in [2.45, 2.75) is 19.3 Å². The smallest absolute Gasteiger partial charge is 0.272 e. The Bertz CT molecular complexity index is 1010. The van der Waals surface area contributed by atoms with Gasteiger partial charge in [0.2, 0.25) is 5.91 Å². The monoisotopic (exact) mass is 373 g/mol. The minimum absolute atomic E-state index is 0.00927. The molecule has 5 heteroatoms. The van der Waals surface area contributed by atoms with Crippen LogP contribution in [0, 0.1) is 5.92 Å². The van der Waals surface area contributed by atoms with Crippen LogP contribution in [0.5, 0.6) is 0 Å². The van der Waals surface area contributed by atoms with Crippen molar-refractivity contribution < 1.29 is 9.59 Å². The van der Waals surface area contributed by atoms with E-state index < -0.39 is 5.91 Å². The number of nitrogens with two attached hydrogens (primary N) is 1. The molecule has 2 N–H and O–H groups in total. The minimum atomic E-state index is -0.402. The summed E-state index contributed by atoms with van der Waals surface area (Å²) in [6, 6.07) is 19.1. The molecular formula is C23H23N3O2. The molecule has 0 spiro atoms. The van der Waals surface area contributed by atoms with Gasteiger partial charge in [-0.05, 0) is 55.0 Å². The predicted octanol–water partition coefficient (Wildman–Crippen LogP) is 3.43. The molecule has 4 rings (SSSR count). The first kappa shape index (κ1) is 18.2. The second-order valence-corrected chi connectivity index (χ2v) is 7.39. The molecule has 3 aromatic rings. The van der Waals surface area contributed by atoms with Crippen molar-refractivity contribution in [3.8, 4) is 0 Å². The van der Waals surface area contributed by atoms with E-state index in [-0.39, 0.29) is 5.91 Å². The van der Waals surface area contributed by atoms with E-state index in [2.05, 4.69) is 4.98 Å². The summed E-state index contributed by atoms with van der Waals surface area (Å²) >= 11 is 0. The van der Waals surface area contributed by atoms with Gasteiger partial charge >= 0.3 is 0 Å². The van der Waals surface area contributed by atoms with Crippen LogP contribution in [0.15, 0.2) is 60.7 Å². The molecule has 0 saturated carbocycles. The molecule has 0 bridgehead atoms. The van der Waals surface area contributed by atoms with Crippen LogP contribution in [-0.4, -0.2) is 34.8 Å². The van der Waals surface area contributed by atoms with E-state index in [1.165, 1.54) is 5.56 Å². The quantitative estimate of drug-likeness (QED) is 0.761. The Kier molecular flexibility index (Phi) is 5.06. The summed E-state index contributed by atoms with van der Waals surface area (Å²) in [5.74, 6) is 0.142. The molecule has 1 aromatic heterocycles. The molecule has 142 valence electrons. The second kappa shape index (κ2) is 7.80. The van der Waals surface area contributed by atoms with E-state index in [0.29, 0.717) is 17.2 Å². The number of aromatic nitrogens is 1. The van der Waals surface area contributed by atoms with Gasteiger partial charge in [-0.2, -0.15) is 0 Å². The maximum Gasteiger partial charge on any atom is 0.272 e. The average Bonchev–Trinajstić information content (AvgIpc) is 2.74. The minimum Gasteiger partial charge on any atom is -0.366 e. The van der Waals surface area contributed by atoms with Gasteiger partial charge in [-0.15, -0.1) is 0 Å². The number of hydrogen-bond acceptors (Lipinski definition) is 3. The van der Waals surface area contributed by atoms with Gasteiger partial charge in [-0.1, -0.05) is 36.4 Å². The average molecular weight is 373 g/mol. The van der Waals surface area contributed by atoms with E-state index in [9.17, 15) is 9.59 Å². The molecule has 2 amide bonds. The Labute approximate surface area is 164 Å². The molecule has 1 fully saturated rings. The number of fused-ring (bicyclic) bond motifs is 1. The van der Waals surface area contributed by atoms with Crippen molar-refractivity contribution in [3.63, 3.8) is 0 Å². The van der Waals surface area contributed by atoms with Gasteiger partial charge in [-0.3, -0.25) is 9.59 Å². The van der Waals surface area contributed by atoms with Crippen LogP contribution in [0.4, 0.5) is 0 Å². The lowest BCUT2D eigenvalue weighted by Crippen LogP contribution is -2.39. The molecule has 0 aliphatic carbocycles. The maximum absolute atomic E-state index is 12.8. The molecule has 1 aliphatic rings. The zero-order chi connectivity index (χ0) is 19.5. The third-order valence-electron chi connectivity index (χ3n) is 5.48. The van der Waals surface area contributed by atoms with Crippen molar-refractivity contribution in [1.29, 1.82) is 0 Å². The molecule has 5 nitrogen and oxygen atoms in total. The Balaban J connectivity index is 1.36. The molecule has 0 atom stereocenters. The fourth-order valence-corrected chi connectivity index (χ4v) is 3.83. The van der Waals surface area contributed by atoms with E-state index in [0.717, 1.165) is 43.3 Å². The lowest BCUT2D eigenvalue weighted by molar-refractivity contribution is 0.0685. The topological polar surface area (TPSA) is 76.3 Å². The normalized spacial score (nSPS) is 14.9. The number of piperidine rings is 1. The van der Waals surface area contributed by atoms with Gasteiger partial charge in [0, 0.05) is 24.0 Å². The number of carbonyl (C=O) groups excluding carboxylic acids is 2. The van der Waals surface area contributed by atoms with Gasteiger partial charge < -0.3 is 10.6 Å². The number of likely N-dealkylation sites (tertiary alicyclic amines) is 1. The Morgan fingerprint density at radius 2 is 1.68 bits per heavy atom. The van der Waals surface area contributed by atoms with Crippen molar-refractivity contribution in [3.05, 3.63) is 77.5 Å². The molecule has 2 heterocycles. The lowest BCUT2D eigenvalue weighted by Gasteiger charge is -2.32. The highest BCUT2D eigenvalue weighted by Gasteiger charge is 2.24. The van der Waals surface area contributed by atoms with E-state index in [4.69, 9.17) is 5.73 Å². The summed E-state index contributed by atoms with van der Waals surface area (Å²) in [5, 5.41) is 1.04. The third kappa shape index (κ3) is 3.88.